The number of unbranched alkanes of at least 4 members (excludes halogenated alkanes) is 7. The minimum atomic E-state index is -0.0818. The Morgan fingerprint density at radius 3 is 2.32 bits per heavy atom. The Kier molecular flexibility index (Phi) is 9.37. The zero-order valence-electron chi connectivity index (χ0n) is 15.0. The van der Waals surface area contributed by atoms with Crippen LogP contribution in [0.3, 0.4) is 0 Å². The van der Waals surface area contributed by atoms with Gasteiger partial charge in [-0.2, -0.15) is 0 Å². The van der Waals surface area contributed by atoms with Crippen molar-refractivity contribution in [3.63, 3.8) is 0 Å². The highest BCUT2D eigenvalue weighted by atomic mass is 15.4. The Hall–Kier alpha value is -0.900. The lowest BCUT2D eigenvalue weighted by Crippen LogP contribution is -2.35. The van der Waals surface area contributed by atoms with Crippen LogP contribution in [-0.2, 0) is 13.0 Å². The van der Waals surface area contributed by atoms with E-state index in [0.29, 0.717) is 0 Å². The van der Waals surface area contributed by atoms with Crippen LogP contribution in [0.2, 0.25) is 0 Å². The summed E-state index contributed by atoms with van der Waals surface area (Å²) in [5.41, 5.74) is 7.16. The van der Waals surface area contributed by atoms with Crippen molar-refractivity contribution in [2.24, 2.45) is 5.73 Å². The second-order valence-corrected chi connectivity index (χ2v) is 6.96. The van der Waals surface area contributed by atoms with Gasteiger partial charge in [-0.15, -0.1) is 5.10 Å². The monoisotopic (exact) mass is 308 g/mol. The molecule has 0 spiro atoms. The van der Waals surface area contributed by atoms with Gasteiger partial charge in [0.25, 0.3) is 0 Å². The molecule has 1 heterocycles. The predicted octanol–water partition coefficient (Wildman–Crippen LogP) is 4.48. The van der Waals surface area contributed by atoms with Gasteiger partial charge < -0.3 is 5.73 Å². The third-order valence-electron chi connectivity index (χ3n) is 4.59. The molecule has 0 saturated carbocycles. The fraction of sp³-hybridized carbons (Fsp3) is 0.889. The van der Waals surface area contributed by atoms with E-state index in [-0.39, 0.29) is 5.54 Å². The summed E-state index contributed by atoms with van der Waals surface area (Å²) < 4.78 is 1.99. The number of rotatable bonds is 13. The Bertz CT molecular complexity index is 384. The van der Waals surface area contributed by atoms with Crippen molar-refractivity contribution >= 4 is 0 Å². The van der Waals surface area contributed by atoms with Gasteiger partial charge in [-0.1, -0.05) is 64.0 Å². The average molecular weight is 309 g/mol. The first kappa shape index (κ1) is 19.1. The zero-order valence-corrected chi connectivity index (χ0v) is 15.0. The normalized spacial score (nSPS) is 14.2. The van der Waals surface area contributed by atoms with Crippen molar-refractivity contribution in [2.75, 3.05) is 0 Å². The fourth-order valence-electron chi connectivity index (χ4n) is 2.56. The van der Waals surface area contributed by atoms with Crippen LogP contribution >= 0.6 is 0 Å². The third kappa shape index (κ3) is 8.52. The molecule has 4 heteroatoms. The van der Waals surface area contributed by atoms with Crippen LogP contribution in [0.5, 0.6) is 0 Å². The molecule has 128 valence electrons. The molecule has 0 fully saturated rings. The second kappa shape index (κ2) is 10.8. The van der Waals surface area contributed by atoms with E-state index in [1.807, 2.05) is 4.68 Å². The second-order valence-electron chi connectivity index (χ2n) is 6.96. The van der Waals surface area contributed by atoms with E-state index in [9.17, 15) is 0 Å². The number of aryl methyl sites for hydroxylation is 2. The van der Waals surface area contributed by atoms with Crippen LogP contribution in [0.4, 0.5) is 0 Å². The summed E-state index contributed by atoms with van der Waals surface area (Å²) in [7, 11) is 0. The molecule has 1 aromatic heterocycles. The van der Waals surface area contributed by atoms with Crippen LogP contribution in [0.15, 0.2) is 6.20 Å². The summed E-state index contributed by atoms with van der Waals surface area (Å²) in [4.78, 5) is 0. The van der Waals surface area contributed by atoms with Gasteiger partial charge in [-0.25, -0.2) is 0 Å². The minimum absolute atomic E-state index is 0.0818. The molecule has 0 aliphatic carbocycles. The van der Waals surface area contributed by atoms with Crippen LogP contribution in [0.25, 0.3) is 0 Å². The van der Waals surface area contributed by atoms with Gasteiger partial charge in [-0.05, 0) is 32.6 Å². The molecule has 0 aliphatic rings. The maximum Gasteiger partial charge on any atom is 0.0827 e. The Labute approximate surface area is 136 Å². The standard InChI is InChI=1S/C18H36N4/c1-4-6-7-8-9-10-11-12-15-22-16-17(20-21-22)13-14-18(3,19)5-2/h16H,4-15,19H2,1-3H3. The average Bonchev–Trinajstić information content (AvgIpc) is 2.96. The number of hydrogen-bond acceptors (Lipinski definition) is 3. The molecule has 0 saturated heterocycles. The van der Waals surface area contributed by atoms with Crippen LogP contribution < -0.4 is 5.73 Å². The van der Waals surface area contributed by atoms with Crippen molar-refractivity contribution < 1.29 is 0 Å². The van der Waals surface area contributed by atoms with E-state index in [0.717, 1.165) is 31.5 Å². The largest absolute Gasteiger partial charge is 0.325 e. The first-order valence-electron chi connectivity index (χ1n) is 9.25. The Morgan fingerprint density at radius 1 is 1.05 bits per heavy atom. The quantitative estimate of drug-likeness (QED) is 0.547. The molecule has 0 bridgehead atoms. The van der Waals surface area contributed by atoms with Gasteiger partial charge >= 0.3 is 0 Å². The summed E-state index contributed by atoms with van der Waals surface area (Å²) in [6, 6.07) is 0. The van der Waals surface area contributed by atoms with Crippen molar-refractivity contribution in [1.82, 2.24) is 15.0 Å². The molecule has 1 atom stereocenters. The van der Waals surface area contributed by atoms with Gasteiger partial charge in [-0.3, -0.25) is 4.68 Å². The van der Waals surface area contributed by atoms with Crippen molar-refractivity contribution in [1.29, 1.82) is 0 Å². The number of nitrogens with two attached hydrogens (primary N) is 1. The smallest absolute Gasteiger partial charge is 0.0827 e. The summed E-state index contributed by atoms with van der Waals surface area (Å²) in [5, 5.41) is 8.49. The maximum atomic E-state index is 6.17. The topological polar surface area (TPSA) is 56.7 Å². The highest BCUT2D eigenvalue weighted by molar-refractivity contribution is 4.95. The molecule has 4 nitrogen and oxygen atoms in total. The molecule has 0 radical (unpaired) electrons. The van der Waals surface area contributed by atoms with Gasteiger partial charge in [0.15, 0.2) is 0 Å². The predicted molar refractivity (Wildman–Crippen MR) is 93.8 cm³/mol. The molecule has 0 aliphatic heterocycles. The lowest BCUT2D eigenvalue weighted by atomic mass is 9.93. The third-order valence-corrected chi connectivity index (χ3v) is 4.59. The van der Waals surface area contributed by atoms with E-state index in [2.05, 4.69) is 37.3 Å². The van der Waals surface area contributed by atoms with Gasteiger partial charge in [0.05, 0.1) is 5.69 Å². The van der Waals surface area contributed by atoms with Gasteiger partial charge in [0, 0.05) is 18.3 Å². The SMILES string of the molecule is CCCCCCCCCCn1cc(CCC(C)(N)CC)nn1. The molecule has 2 N–H and O–H groups in total. The Balaban J connectivity index is 2.10. The molecule has 1 unspecified atom stereocenters. The number of nitrogens with zero attached hydrogens (tertiary/aromatic N) is 3. The molecule has 1 rings (SSSR count). The molecular formula is C18H36N4. The summed E-state index contributed by atoms with van der Waals surface area (Å²) in [6.45, 7) is 7.51. The summed E-state index contributed by atoms with van der Waals surface area (Å²) in [5.74, 6) is 0. The van der Waals surface area contributed by atoms with Gasteiger partial charge in [0.2, 0.25) is 0 Å². The van der Waals surface area contributed by atoms with E-state index >= 15 is 0 Å². The lowest BCUT2D eigenvalue weighted by Gasteiger charge is -2.21. The van der Waals surface area contributed by atoms with Crippen LogP contribution in [0.1, 0.15) is 90.7 Å². The van der Waals surface area contributed by atoms with E-state index in [1.54, 1.807) is 0 Å². The molecule has 0 amide bonds. The summed E-state index contributed by atoms with van der Waals surface area (Å²) in [6.07, 6.45) is 15.8. The van der Waals surface area contributed by atoms with Crippen LogP contribution in [0, 0.1) is 0 Å². The van der Waals surface area contributed by atoms with Crippen molar-refractivity contribution in [3.05, 3.63) is 11.9 Å². The highest BCUT2D eigenvalue weighted by Gasteiger charge is 2.16. The van der Waals surface area contributed by atoms with Crippen molar-refractivity contribution in [2.45, 2.75) is 103 Å². The van der Waals surface area contributed by atoms with E-state index in [1.165, 1.54) is 51.4 Å². The first-order valence-corrected chi connectivity index (χ1v) is 9.25. The maximum absolute atomic E-state index is 6.17. The van der Waals surface area contributed by atoms with Crippen molar-refractivity contribution in [3.8, 4) is 0 Å². The zero-order chi connectivity index (χ0) is 16.3. The number of aromatic nitrogens is 3. The molecule has 1 aromatic rings. The summed E-state index contributed by atoms with van der Waals surface area (Å²) >= 11 is 0. The molecule has 0 aromatic carbocycles. The van der Waals surface area contributed by atoms with Gasteiger partial charge in [0.1, 0.15) is 0 Å². The number of hydrogen-bond donors (Lipinski definition) is 1. The van der Waals surface area contributed by atoms with Crippen LogP contribution in [-0.4, -0.2) is 20.5 Å². The Morgan fingerprint density at radius 2 is 1.68 bits per heavy atom. The fourth-order valence-corrected chi connectivity index (χ4v) is 2.56. The molecular weight excluding hydrogens is 272 g/mol. The lowest BCUT2D eigenvalue weighted by molar-refractivity contribution is 0.416. The molecule has 22 heavy (non-hydrogen) atoms. The highest BCUT2D eigenvalue weighted by Crippen LogP contribution is 2.14. The van der Waals surface area contributed by atoms with E-state index in [4.69, 9.17) is 5.73 Å². The first-order chi connectivity index (χ1) is 10.6. The van der Waals surface area contributed by atoms with E-state index < -0.39 is 0 Å². The minimum Gasteiger partial charge on any atom is -0.325 e.